The zero-order valence-electron chi connectivity index (χ0n) is 27.7. The molecule has 1 spiro atoms. The van der Waals surface area contributed by atoms with E-state index in [4.69, 9.17) is 4.98 Å². The molecule has 0 unspecified atom stereocenters. The monoisotopic (exact) mass is 646 g/mol. The summed E-state index contributed by atoms with van der Waals surface area (Å²) in [6, 6.07) is 64.0. The number of hydrogen-bond acceptors (Lipinski definition) is 2. The van der Waals surface area contributed by atoms with Crippen molar-refractivity contribution in [3.05, 3.63) is 204 Å². The van der Waals surface area contributed by atoms with Gasteiger partial charge in [-0.05, 0) is 73.8 Å². The molecule has 51 heavy (non-hydrogen) atoms. The summed E-state index contributed by atoms with van der Waals surface area (Å²) in [5.41, 5.74) is 17.9. The van der Waals surface area contributed by atoms with Crippen LogP contribution in [0.2, 0.25) is 0 Å². The minimum Gasteiger partial charge on any atom is -0.256 e. The van der Waals surface area contributed by atoms with Crippen molar-refractivity contribution in [2.24, 2.45) is 0 Å². The molecule has 236 valence electrons. The van der Waals surface area contributed by atoms with E-state index in [0.717, 1.165) is 28.0 Å². The van der Waals surface area contributed by atoms with Gasteiger partial charge in [-0.25, -0.2) is 4.98 Å². The molecule has 2 heterocycles. The van der Waals surface area contributed by atoms with Crippen LogP contribution in [-0.2, 0) is 5.41 Å². The fourth-order valence-electron chi connectivity index (χ4n) is 9.03. The van der Waals surface area contributed by atoms with E-state index in [1.54, 1.807) is 0 Å². The molecule has 0 saturated carbocycles. The van der Waals surface area contributed by atoms with Crippen molar-refractivity contribution >= 4 is 21.7 Å². The van der Waals surface area contributed by atoms with Crippen molar-refractivity contribution in [3.8, 4) is 55.9 Å². The lowest BCUT2D eigenvalue weighted by atomic mass is 9.70. The summed E-state index contributed by atoms with van der Waals surface area (Å²) in [7, 11) is 0. The number of aromatic nitrogens is 2. The molecule has 2 nitrogen and oxygen atoms in total. The van der Waals surface area contributed by atoms with Crippen LogP contribution < -0.4 is 0 Å². The van der Waals surface area contributed by atoms with Gasteiger partial charge in [0, 0.05) is 33.5 Å². The highest BCUT2D eigenvalue weighted by atomic mass is 14.7. The number of nitrogens with zero attached hydrogens (tertiary/aromatic N) is 2. The SMILES string of the molecule is c1ccc(-c2ccc(-c3ccc(-c4nc5ccccc5c5c6c(ccc45)C4(c5ccccc5-c5ccccc54)c4ccccc4-6)cc3)cc2)nc1. The highest BCUT2D eigenvalue weighted by Crippen LogP contribution is 2.64. The third kappa shape index (κ3) is 3.87. The predicted molar refractivity (Wildman–Crippen MR) is 210 cm³/mol. The Morgan fingerprint density at radius 1 is 0.373 bits per heavy atom. The van der Waals surface area contributed by atoms with Crippen LogP contribution >= 0.6 is 0 Å². The largest absolute Gasteiger partial charge is 0.256 e. The molecule has 0 N–H and O–H groups in total. The molecule has 2 aromatic heterocycles. The Labute approximate surface area is 296 Å². The van der Waals surface area contributed by atoms with Crippen LogP contribution in [0, 0.1) is 0 Å². The van der Waals surface area contributed by atoms with Gasteiger partial charge in [0.05, 0.1) is 22.3 Å². The first kappa shape index (κ1) is 28.2. The van der Waals surface area contributed by atoms with E-state index in [9.17, 15) is 0 Å². The second-order valence-corrected chi connectivity index (χ2v) is 13.6. The zero-order valence-corrected chi connectivity index (χ0v) is 27.7. The maximum absolute atomic E-state index is 5.36. The topological polar surface area (TPSA) is 25.8 Å². The van der Waals surface area contributed by atoms with Crippen LogP contribution in [0.25, 0.3) is 77.6 Å². The molecular weight excluding hydrogens is 617 g/mol. The molecule has 11 rings (SSSR count). The zero-order chi connectivity index (χ0) is 33.5. The van der Waals surface area contributed by atoms with Gasteiger partial charge in [0.25, 0.3) is 0 Å². The molecule has 0 atom stereocenters. The van der Waals surface area contributed by atoms with Gasteiger partial charge in [-0.2, -0.15) is 0 Å². The first-order valence-electron chi connectivity index (χ1n) is 17.6. The van der Waals surface area contributed by atoms with Crippen molar-refractivity contribution < 1.29 is 0 Å². The summed E-state index contributed by atoms with van der Waals surface area (Å²) in [6.07, 6.45) is 1.84. The molecule has 2 aliphatic carbocycles. The molecule has 0 bridgehead atoms. The summed E-state index contributed by atoms with van der Waals surface area (Å²) < 4.78 is 0. The van der Waals surface area contributed by atoms with Gasteiger partial charge in [0.15, 0.2) is 0 Å². The molecule has 0 fully saturated rings. The number of fused-ring (bicyclic) bond motifs is 14. The molecule has 2 heteroatoms. The fraction of sp³-hybridized carbons (Fsp3) is 0.0204. The molecule has 0 radical (unpaired) electrons. The standard InChI is InChI=1S/C49H30N2/c1-5-15-40-35(11-1)36-12-2-6-16-41(36)49(40)42-17-7-3-13-37(42)47-43(49)29-28-39-46(47)38-14-4-8-19-45(38)51-48(39)34-26-22-32(23-27-34)31-20-24-33(25-21-31)44-18-9-10-30-50-44/h1-30H. The Bertz CT molecular complexity index is 2790. The normalized spacial score (nSPS) is 13.3. The van der Waals surface area contributed by atoms with Crippen LogP contribution in [0.1, 0.15) is 22.3 Å². The van der Waals surface area contributed by atoms with E-state index in [0.29, 0.717) is 0 Å². The van der Waals surface area contributed by atoms with Crippen LogP contribution in [0.5, 0.6) is 0 Å². The smallest absolute Gasteiger partial charge is 0.0788 e. The second-order valence-electron chi connectivity index (χ2n) is 13.6. The number of benzene rings is 7. The molecule has 2 aliphatic rings. The van der Waals surface area contributed by atoms with E-state index < -0.39 is 0 Å². The predicted octanol–water partition coefficient (Wildman–Crippen LogP) is 12.1. The van der Waals surface area contributed by atoms with Gasteiger partial charge in [-0.1, -0.05) is 158 Å². The van der Waals surface area contributed by atoms with Crippen molar-refractivity contribution in [3.63, 3.8) is 0 Å². The number of hydrogen-bond donors (Lipinski definition) is 0. The van der Waals surface area contributed by atoms with Crippen molar-refractivity contribution in [1.29, 1.82) is 0 Å². The van der Waals surface area contributed by atoms with E-state index in [1.807, 2.05) is 24.4 Å². The lowest BCUT2D eigenvalue weighted by molar-refractivity contribution is 0.794. The Kier molecular flexibility index (Phi) is 5.91. The summed E-state index contributed by atoms with van der Waals surface area (Å²) in [5.74, 6) is 0. The van der Waals surface area contributed by atoms with Crippen molar-refractivity contribution in [1.82, 2.24) is 9.97 Å². The first-order valence-corrected chi connectivity index (χ1v) is 17.6. The van der Waals surface area contributed by atoms with Gasteiger partial charge in [-0.3, -0.25) is 4.98 Å². The van der Waals surface area contributed by atoms with Gasteiger partial charge < -0.3 is 0 Å². The van der Waals surface area contributed by atoms with Crippen LogP contribution in [-0.4, -0.2) is 9.97 Å². The molecule has 9 aromatic rings. The molecule has 0 saturated heterocycles. The first-order chi connectivity index (χ1) is 25.3. The minimum absolute atomic E-state index is 0.383. The third-order valence-corrected chi connectivity index (χ3v) is 11.2. The molecule has 0 aliphatic heterocycles. The number of para-hydroxylation sites is 1. The fourth-order valence-corrected chi connectivity index (χ4v) is 9.03. The maximum atomic E-state index is 5.36. The van der Waals surface area contributed by atoms with Gasteiger partial charge in [0.1, 0.15) is 0 Å². The second kappa shape index (κ2) is 10.7. The number of rotatable bonds is 3. The van der Waals surface area contributed by atoms with Gasteiger partial charge >= 0.3 is 0 Å². The quantitative estimate of drug-likeness (QED) is 0.179. The van der Waals surface area contributed by atoms with Crippen LogP contribution in [0.3, 0.4) is 0 Å². The Morgan fingerprint density at radius 3 is 1.59 bits per heavy atom. The Balaban J connectivity index is 1.13. The van der Waals surface area contributed by atoms with Gasteiger partial charge in [-0.15, -0.1) is 0 Å². The number of pyridine rings is 2. The van der Waals surface area contributed by atoms with Crippen molar-refractivity contribution in [2.45, 2.75) is 5.41 Å². The van der Waals surface area contributed by atoms with E-state index in [1.165, 1.54) is 71.8 Å². The summed E-state index contributed by atoms with van der Waals surface area (Å²) in [6.45, 7) is 0. The summed E-state index contributed by atoms with van der Waals surface area (Å²) in [5, 5.41) is 3.63. The van der Waals surface area contributed by atoms with E-state index >= 15 is 0 Å². The summed E-state index contributed by atoms with van der Waals surface area (Å²) in [4.78, 5) is 9.87. The van der Waals surface area contributed by atoms with E-state index in [-0.39, 0.29) is 5.41 Å². The molecule has 0 amide bonds. The lowest BCUT2D eigenvalue weighted by Gasteiger charge is -2.30. The highest BCUT2D eigenvalue weighted by molar-refractivity contribution is 6.20. The molecular formula is C49H30N2. The minimum atomic E-state index is -0.383. The Hall–Kier alpha value is -6.64. The lowest BCUT2D eigenvalue weighted by Crippen LogP contribution is -2.25. The van der Waals surface area contributed by atoms with E-state index in [2.05, 4.69) is 163 Å². The van der Waals surface area contributed by atoms with Gasteiger partial charge in [0.2, 0.25) is 0 Å². The maximum Gasteiger partial charge on any atom is 0.0788 e. The van der Waals surface area contributed by atoms with Crippen molar-refractivity contribution in [2.75, 3.05) is 0 Å². The third-order valence-electron chi connectivity index (χ3n) is 11.2. The van der Waals surface area contributed by atoms with Crippen LogP contribution in [0.15, 0.2) is 182 Å². The average molecular weight is 647 g/mol. The van der Waals surface area contributed by atoms with Crippen LogP contribution in [0.4, 0.5) is 0 Å². The molecule has 7 aromatic carbocycles. The summed E-state index contributed by atoms with van der Waals surface area (Å²) >= 11 is 0. The Morgan fingerprint density at radius 2 is 0.922 bits per heavy atom. The highest BCUT2D eigenvalue weighted by Gasteiger charge is 2.52. The average Bonchev–Trinajstić information content (AvgIpc) is 3.68.